The number of hydrazone groups is 2. The van der Waals surface area contributed by atoms with Crippen molar-refractivity contribution in [1.29, 1.82) is 0 Å². The minimum atomic E-state index is -0.769. The molecule has 2 rings (SSSR count). The van der Waals surface area contributed by atoms with Crippen LogP contribution in [0.15, 0.2) is 46.6 Å². The molecule has 0 fully saturated rings. The summed E-state index contributed by atoms with van der Waals surface area (Å²) in [7, 11) is 0. The third kappa shape index (κ3) is 7.13. The number of amides is 2. The lowest BCUT2D eigenvalue weighted by Gasteiger charge is -2.00. The van der Waals surface area contributed by atoms with E-state index in [9.17, 15) is 29.8 Å². The molecule has 0 spiro atoms. The summed E-state index contributed by atoms with van der Waals surface area (Å²) in [5.41, 5.74) is 4.15. The number of halogens is 2. The molecule has 0 radical (unpaired) electrons. The number of nitrogens with one attached hydrogen (secondary N) is 2. The number of carbonyl (C=O) groups is 2. The number of carbonyl (C=O) groups excluding carboxylic acids is 2. The molecule has 0 aliphatic rings. The van der Waals surface area contributed by atoms with Gasteiger partial charge < -0.3 is 0 Å². The van der Waals surface area contributed by atoms with Gasteiger partial charge in [0.05, 0.1) is 22.3 Å². The van der Waals surface area contributed by atoms with Crippen molar-refractivity contribution in [3.8, 4) is 0 Å². The Bertz CT molecular complexity index is 1020. The molecule has 0 aliphatic carbocycles. The van der Waals surface area contributed by atoms with Gasteiger partial charge in [0.15, 0.2) is 0 Å². The maximum atomic E-state index is 11.7. The van der Waals surface area contributed by atoms with Gasteiger partial charge in [-0.3, -0.25) is 29.8 Å². The average molecular weight is 467 g/mol. The molecule has 160 valence electrons. The van der Waals surface area contributed by atoms with Gasteiger partial charge in [0, 0.05) is 23.3 Å². The average Bonchev–Trinajstić information content (AvgIpc) is 2.70. The van der Waals surface area contributed by atoms with Crippen LogP contribution in [0.4, 0.5) is 11.4 Å². The van der Waals surface area contributed by atoms with Gasteiger partial charge in [0.25, 0.3) is 11.4 Å². The molecule has 0 aliphatic heterocycles. The topological polar surface area (TPSA) is 169 Å². The highest BCUT2D eigenvalue weighted by Gasteiger charge is 2.13. The van der Waals surface area contributed by atoms with Gasteiger partial charge in [-0.1, -0.05) is 35.3 Å². The van der Waals surface area contributed by atoms with Crippen LogP contribution in [0.25, 0.3) is 0 Å². The van der Waals surface area contributed by atoms with E-state index in [1.54, 1.807) is 0 Å². The third-order valence-electron chi connectivity index (χ3n) is 3.46. The monoisotopic (exact) mass is 466 g/mol. The van der Waals surface area contributed by atoms with E-state index < -0.39 is 28.1 Å². The summed E-state index contributed by atoms with van der Waals surface area (Å²) in [6.07, 6.45) is 1.67. The highest BCUT2D eigenvalue weighted by atomic mass is 35.5. The fourth-order valence-electron chi connectivity index (χ4n) is 2.08. The Balaban J connectivity index is 1.86. The Kier molecular flexibility index (Phi) is 8.11. The molecule has 0 bridgehead atoms. The van der Waals surface area contributed by atoms with E-state index in [4.69, 9.17) is 23.2 Å². The normalized spacial score (nSPS) is 10.9. The van der Waals surface area contributed by atoms with Crippen molar-refractivity contribution in [2.75, 3.05) is 0 Å². The van der Waals surface area contributed by atoms with E-state index >= 15 is 0 Å². The van der Waals surface area contributed by atoms with Crippen LogP contribution < -0.4 is 10.9 Å². The fourth-order valence-corrected chi connectivity index (χ4v) is 2.46. The van der Waals surface area contributed by atoms with Crippen molar-refractivity contribution in [2.24, 2.45) is 10.2 Å². The van der Waals surface area contributed by atoms with E-state index in [1.165, 1.54) is 36.4 Å². The molecule has 2 aromatic rings. The Morgan fingerprint density at radius 3 is 1.58 bits per heavy atom. The van der Waals surface area contributed by atoms with Crippen molar-refractivity contribution < 1.29 is 19.4 Å². The number of hydrogen-bond acceptors (Lipinski definition) is 8. The zero-order valence-corrected chi connectivity index (χ0v) is 16.8. The molecule has 2 N–H and O–H groups in total. The largest absolute Gasteiger partial charge is 0.288 e. The van der Waals surface area contributed by atoms with E-state index in [-0.39, 0.29) is 21.4 Å². The van der Waals surface area contributed by atoms with Crippen LogP contribution in [-0.4, -0.2) is 34.1 Å². The first-order valence-electron chi connectivity index (χ1n) is 8.19. The van der Waals surface area contributed by atoms with Crippen LogP contribution in [0.5, 0.6) is 0 Å². The van der Waals surface area contributed by atoms with Gasteiger partial charge >= 0.3 is 0 Å². The predicted molar refractivity (Wildman–Crippen MR) is 112 cm³/mol. The quantitative estimate of drug-likeness (QED) is 0.262. The summed E-state index contributed by atoms with van der Waals surface area (Å²) >= 11 is 11.4. The molecular formula is C17H12Cl2N6O6. The maximum absolute atomic E-state index is 11.7. The minimum Gasteiger partial charge on any atom is -0.273 e. The standard InChI is InChI=1S/C17H12Cl2N6O6/c18-12-3-1-10(5-14(12)24(28)29)8-20-22-16(26)7-17(27)23-21-9-11-2-4-13(19)15(6-11)25(30)31/h1-6,8-9H,7H2,(H,22,26)(H,23,27). The highest BCUT2D eigenvalue weighted by molar-refractivity contribution is 6.33. The van der Waals surface area contributed by atoms with E-state index in [2.05, 4.69) is 21.1 Å². The number of nitro benzene ring substituents is 2. The zero-order chi connectivity index (χ0) is 23.0. The van der Waals surface area contributed by atoms with Gasteiger partial charge in [-0.05, 0) is 12.1 Å². The Hall–Kier alpha value is -3.90. The van der Waals surface area contributed by atoms with Crippen LogP contribution in [-0.2, 0) is 9.59 Å². The number of hydrogen-bond donors (Lipinski definition) is 2. The molecule has 31 heavy (non-hydrogen) atoms. The van der Waals surface area contributed by atoms with E-state index in [0.717, 1.165) is 12.4 Å². The molecule has 12 nitrogen and oxygen atoms in total. The maximum Gasteiger partial charge on any atom is 0.288 e. The Morgan fingerprint density at radius 1 is 0.839 bits per heavy atom. The van der Waals surface area contributed by atoms with Gasteiger partial charge in [0.2, 0.25) is 11.8 Å². The molecule has 0 heterocycles. The van der Waals surface area contributed by atoms with Gasteiger partial charge in [-0.25, -0.2) is 10.9 Å². The molecule has 2 amide bonds. The van der Waals surface area contributed by atoms with E-state index in [0.29, 0.717) is 11.1 Å². The predicted octanol–water partition coefficient (Wildman–Crippen LogP) is 2.80. The van der Waals surface area contributed by atoms with Crippen molar-refractivity contribution in [3.05, 3.63) is 77.8 Å². The van der Waals surface area contributed by atoms with Crippen LogP contribution in [0.2, 0.25) is 10.0 Å². The molecule has 0 saturated heterocycles. The summed E-state index contributed by atoms with van der Waals surface area (Å²) in [5.74, 6) is -1.54. The molecular weight excluding hydrogens is 455 g/mol. The van der Waals surface area contributed by atoms with Gasteiger partial charge in [-0.2, -0.15) is 10.2 Å². The number of nitrogens with zero attached hydrogens (tertiary/aromatic N) is 4. The van der Waals surface area contributed by atoms with Gasteiger partial charge in [-0.15, -0.1) is 0 Å². The lowest BCUT2D eigenvalue weighted by Crippen LogP contribution is -2.27. The summed E-state index contributed by atoms with van der Waals surface area (Å²) in [5, 5.41) is 28.8. The lowest BCUT2D eigenvalue weighted by atomic mass is 10.2. The Morgan fingerprint density at radius 2 is 1.23 bits per heavy atom. The van der Waals surface area contributed by atoms with Crippen molar-refractivity contribution >= 4 is 58.8 Å². The minimum absolute atomic E-state index is 0.0448. The highest BCUT2D eigenvalue weighted by Crippen LogP contribution is 2.25. The fraction of sp³-hybridized carbons (Fsp3) is 0.0588. The molecule has 0 saturated carbocycles. The third-order valence-corrected chi connectivity index (χ3v) is 4.10. The summed E-state index contributed by atoms with van der Waals surface area (Å²) in [4.78, 5) is 43.8. The first-order valence-corrected chi connectivity index (χ1v) is 8.94. The second kappa shape index (κ2) is 10.8. The van der Waals surface area contributed by atoms with Crippen molar-refractivity contribution in [1.82, 2.24) is 10.9 Å². The van der Waals surface area contributed by atoms with Gasteiger partial charge in [0.1, 0.15) is 16.5 Å². The van der Waals surface area contributed by atoms with E-state index in [1.807, 2.05) is 0 Å². The number of rotatable bonds is 8. The first-order chi connectivity index (χ1) is 14.7. The second-order valence-electron chi connectivity index (χ2n) is 5.70. The summed E-state index contributed by atoms with van der Waals surface area (Å²) in [6, 6.07) is 7.86. The first kappa shape index (κ1) is 23.4. The SMILES string of the molecule is O=C(CC(=O)NN=Cc1ccc(Cl)c([N+](=O)[O-])c1)NN=Cc1ccc(Cl)c([N+](=O)[O-])c1. The smallest absolute Gasteiger partial charge is 0.273 e. The second-order valence-corrected chi connectivity index (χ2v) is 6.51. The number of nitro groups is 2. The molecule has 0 unspecified atom stereocenters. The summed E-state index contributed by atoms with van der Waals surface area (Å²) < 4.78 is 0. The van der Waals surface area contributed by atoms with Crippen molar-refractivity contribution in [3.63, 3.8) is 0 Å². The molecule has 0 atom stereocenters. The van der Waals surface area contributed by atoms with Crippen LogP contribution in [0.1, 0.15) is 17.5 Å². The molecule has 0 aromatic heterocycles. The summed E-state index contributed by atoms with van der Waals surface area (Å²) in [6.45, 7) is 0. The number of benzene rings is 2. The molecule has 2 aromatic carbocycles. The Labute approximate surface area is 183 Å². The van der Waals surface area contributed by atoms with Crippen LogP contribution in [0.3, 0.4) is 0 Å². The van der Waals surface area contributed by atoms with Crippen LogP contribution in [0, 0.1) is 20.2 Å². The van der Waals surface area contributed by atoms with Crippen molar-refractivity contribution in [2.45, 2.75) is 6.42 Å². The lowest BCUT2D eigenvalue weighted by molar-refractivity contribution is -0.384. The molecule has 14 heteroatoms. The zero-order valence-electron chi connectivity index (χ0n) is 15.3. The van der Waals surface area contributed by atoms with Crippen LogP contribution >= 0.6 is 23.2 Å².